The number of benzene rings is 1. The maximum atomic E-state index is 12.0. The quantitative estimate of drug-likeness (QED) is 0.897. The van der Waals surface area contributed by atoms with Crippen LogP contribution in [0.5, 0.6) is 0 Å². The number of sulfonamides is 1. The molecule has 4 nitrogen and oxygen atoms in total. The van der Waals surface area contributed by atoms with Crippen LogP contribution >= 0.6 is 11.6 Å². The predicted molar refractivity (Wildman–Crippen MR) is 64.2 cm³/mol. The van der Waals surface area contributed by atoms with Gasteiger partial charge in [-0.25, -0.2) is 12.7 Å². The molecule has 86 valence electrons. The molecular weight excluding hydrogens is 248 g/mol. The summed E-state index contributed by atoms with van der Waals surface area (Å²) in [6.07, 6.45) is 1.48. The van der Waals surface area contributed by atoms with Crippen LogP contribution in [0, 0.1) is 0 Å². The summed E-state index contributed by atoms with van der Waals surface area (Å²) in [7, 11) is -0.436. The van der Waals surface area contributed by atoms with Crippen molar-refractivity contribution in [1.29, 1.82) is 0 Å². The van der Waals surface area contributed by atoms with E-state index in [1.807, 2.05) is 0 Å². The second kappa shape index (κ2) is 3.76. The van der Waals surface area contributed by atoms with Crippen molar-refractivity contribution in [1.82, 2.24) is 9.29 Å². The van der Waals surface area contributed by atoms with Crippen molar-refractivity contribution in [2.75, 3.05) is 14.1 Å². The first-order valence-corrected chi connectivity index (χ1v) is 6.44. The topological polar surface area (TPSA) is 53.2 Å². The predicted octanol–water partition coefficient (Wildman–Crippen LogP) is 2.07. The van der Waals surface area contributed by atoms with Gasteiger partial charge in [0.15, 0.2) is 0 Å². The number of hydrogen-bond acceptors (Lipinski definition) is 2. The SMILES string of the molecule is CN(C)S(=O)(=O)c1c[nH]c2ccc(Cl)cc12. The molecule has 6 heteroatoms. The van der Waals surface area contributed by atoms with E-state index in [9.17, 15) is 8.42 Å². The van der Waals surface area contributed by atoms with Gasteiger partial charge in [-0.15, -0.1) is 0 Å². The molecule has 0 saturated carbocycles. The number of aromatic nitrogens is 1. The summed E-state index contributed by atoms with van der Waals surface area (Å²) in [6, 6.07) is 5.11. The third-order valence-corrected chi connectivity index (χ3v) is 4.45. The van der Waals surface area contributed by atoms with E-state index in [4.69, 9.17) is 11.6 Å². The van der Waals surface area contributed by atoms with Gasteiger partial charge in [0, 0.05) is 36.2 Å². The van der Waals surface area contributed by atoms with Crippen LogP contribution in [0.4, 0.5) is 0 Å². The van der Waals surface area contributed by atoms with E-state index in [0.717, 1.165) is 5.52 Å². The van der Waals surface area contributed by atoms with Crippen molar-refractivity contribution in [2.24, 2.45) is 0 Å². The molecule has 0 aliphatic heterocycles. The van der Waals surface area contributed by atoms with Gasteiger partial charge in [-0.05, 0) is 18.2 Å². The number of nitrogens with zero attached hydrogens (tertiary/aromatic N) is 1. The third-order valence-electron chi connectivity index (χ3n) is 2.36. The zero-order valence-corrected chi connectivity index (χ0v) is 10.4. The summed E-state index contributed by atoms with van der Waals surface area (Å²) in [4.78, 5) is 3.16. The van der Waals surface area contributed by atoms with E-state index >= 15 is 0 Å². The van der Waals surface area contributed by atoms with Gasteiger partial charge in [0.2, 0.25) is 10.0 Å². The van der Waals surface area contributed by atoms with E-state index in [0.29, 0.717) is 10.4 Å². The molecule has 0 aliphatic carbocycles. The minimum atomic E-state index is -3.43. The smallest absolute Gasteiger partial charge is 0.244 e. The number of H-pyrrole nitrogens is 1. The Kier molecular flexibility index (Phi) is 2.69. The van der Waals surface area contributed by atoms with Gasteiger partial charge in [0.05, 0.1) is 0 Å². The minimum absolute atomic E-state index is 0.245. The fourth-order valence-electron chi connectivity index (χ4n) is 1.48. The number of nitrogens with one attached hydrogen (secondary N) is 1. The van der Waals surface area contributed by atoms with Crippen LogP contribution in [-0.2, 0) is 10.0 Å². The Morgan fingerprint density at radius 2 is 2.00 bits per heavy atom. The Hall–Kier alpha value is -1.04. The number of hydrogen-bond donors (Lipinski definition) is 1. The molecule has 0 aliphatic rings. The van der Waals surface area contributed by atoms with Crippen molar-refractivity contribution >= 4 is 32.5 Å². The Balaban J connectivity index is 2.76. The fraction of sp³-hybridized carbons (Fsp3) is 0.200. The van der Waals surface area contributed by atoms with Crippen molar-refractivity contribution in [2.45, 2.75) is 4.90 Å². The number of halogens is 1. The molecule has 0 amide bonds. The lowest BCUT2D eigenvalue weighted by molar-refractivity contribution is 0.521. The lowest BCUT2D eigenvalue weighted by Crippen LogP contribution is -2.21. The normalized spacial score (nSPS) is 12.5. The Labute approximate surface area is 98.9 Å². The first-order valence-electron chi connectivity index (χ1n) is 4.62. The van der Waals surface area contributed by atoms with Gasteiger partial charge in [-0.3, -0.25) is 0 Å². The molecule has 0 saturated heterocycles. The molecule has 2 rings (SSSR count). The minimum Gasteiger partial charge on any atom is -0.360 e. The second-order valence-corrected chi connectivity index (χ2v) is 6.19. The lowest BCUT2D eigenvalue weighted by Gasteiger charge is -2.09. The lowest BCUT2D eigenvalue weighted by atomic mass is 10.2. The van der Waals surface area contributed by atoms with Gasteiger partial charge in [0.25, 0.3) is 0 Å². The highest BCUT2D eigenvalue weighted by Gasteiger charge is 2.21. The van der Waals surface area contributed by atoms with Crippen molar-refractivity contribution in [3.8, 4) is 0 Å². The highest BCUT2D eigenvalue weighted by atomic mass is 35.5. The molecule has 1 N–H and O–H groups in total. The molecular formula is C10H11ClN2O2S. The molecule has 0 unspecified atom stereocenters. The number of fused-ring (bicyclic) bond motifs is 1. The fourth-order valence-corrected chi connectivity index (χ4v) is 2.70. The molecule has 0 radical (unpaired) electrons. The molecule has 1 aromatic carbocycles. The largest absolute Gasteiger partial charge is 0.360 e. The van der Waals surface area contributed by atoms with Crippen molar-refractivity contribution < 1.29 is 8.42 Å². The van der Waals surface area contributed by atoms with E-state index in [2.05, 4.69) is 4.98 Å². The van der Waals surface area contributed by atoms with Crippen LogP contribution in [-0.4, -0.2) is 31.8 Å². The Morgan fingerprint density at radius 1 is 1.31 bits per heavy atom. The molecule has 0 spiro atoms. The van der Waals surface area contributed by atoms with Crippen molar-refractivity contribution in [3.05, 3.63) is 29.4 Å². The van der Waals surface area contributed by atoms with Gasteiger partial charge in [0.1, 0.15) is 4.90 Å². The summed E-state index contributed by atoms with van der Waals surface area (Å²) in [6.45, 7) is 0. The van der Waals surface area contributed by atoms with Gasteiger partial charge in [-0.2, -0.15) is 0 Å². The number of rotatable bonds is 2. The molecule has 16 heavy (non-hydrogen) atoms. The average molecular weight is 259 g/mol. The van der Waals surface area contributed by atoms with Crippen LogP contribution in [0.15, 0.2) is 29.3 Å². The number of aromatic amines is 1. The maximum absolute atomic E-state index is 12.0. The molecule has 0 atom stereocenters. The zero-order valence-electron chi connectivity index (χ0n) is 8.86. The Morgan fingerprint density at radius 3 is 2.62 bits per heavy atom. The van der Waals surface area contributed by atoms with Gasteiger partial charge >= 0.3 is 0 Å². The Bertz CT molecular complexity index is 631. The van der Waals surface area contributed by atoms with E-state index < -0.39 is 10.0 Å². The van der Waals surface area contributed by atoms with Crippen LogP contribution in [0.25, 0.3) is 10.9 Å². The molecule has 0 fully saturated rings. The monoisotopic (exact) mass is 258 g/mol. The first-order chi connectivity index (χ1) is 7.43. The maximum Gasteiger partial charge on any atom is 0.244 e. The summed E-state index contributed by atoms with van der Waals surface area (Å²) in [5, 5.41) is 1.13. The van der Waals surface area contributed by atoms with E-state index in [1.165, 1.54) is 24.6 Å². The van der Waals surface area contributed by atoms with Crippen LogP contribution in [0.3, 0.4) is 0 Å². The second-order valence-electron chi connectivity index (χ2n) is 3.63. The highest BCUT2D eigenvalue weighted by Crippen LogP contribution is 2.26. The molecule has 1 aromatic heterocycles. The molecule has 2 aromatic rings. The van der Waals surface area contributed by atoms with Crippen LogP contribution < -0.4 is 0 Å². The first kappa shape index (κ1) is 11.4. The van der Waals surface area contributed by atoms with Crippen molar-refractivity contribution in [3.63, 3.8) is 0 Å². The molecule has 0 bridgehead atoms. The summed E-state index contributed by atoms with van der Waals surface area (Å²) < 4.78 is 25.1. The summed E-state index contributed by atoms with van der Waals surface area (Å²) >= 11 is 5.85. The van der Waals surface area contributed by atoms with Gasteiger partial charge in [-0.1, -0.05) is 11.6 Å². The summed E-state index contributed by atoms with van der Waals surface area (Å²) in [5.74, 6) is 0. The zero-order chi connectivity index (χ0) is 11.9. The van der Waals surface area contributed by atoms with Gasteiger partial charge < -0.3 is 4.98 Å². The average Bonchev–Trinajstić information content (AvgIpc) is 2.60. The van der Waals surface area contributed by atoms with E-state index in [1.54, 1.807) is 18.2 Å². The standard InChI is InChI=1S/C10H11ClN2O2S/c1-13(2)16(14,15)10-6-12-9-4-3-7(11)5-8(9)10/h3-6,12H,1-2H3. The third kappa shape index (κ3) is 1.71. The highest BCUT2D eigenvalue weighted by molar-refractivity contribution is 7.89. The van der Waals surface area contributed by atoms with E-state index in [-0.39, 0.29) is 4.90 Å². The van der Waals surface area contributed by atoms with Crippen LogP contribution in [0.2, 0.25) is 5.02 Å². The van der Waals surface area contributed by atoms with Crippen LogP contribution in [0.1, 0.15) is 0 Å². The summed E-state index contributed by atoms with van der Waals surface area (Å²) in [5.41, 5.74) is 0.754. The molecule has 1 heterocycles.